The number of allylic oxidation sites excluding steroid dienone is 3. The van der Waals surface area contributed by atoms with Crippen LogP contribution in [0.2, 0.25) is 0 Å². The van der Waals surface area contributed by atoms with Crippen molar-refractivity contribution in [1.82, 2.24) is 0 Å². The van der Waals surface area contributed by atoms with Crippen LogP contribution < -0.4 is 0 Å². The van der Waals surface area contributed by atoms with Crippen molar-refractivity contribution in [2.75, 3.05) is 6.61 Å². The zero-order valence-electron chi connectivity index (χ0n) is 11.6. The molecule has 0 saturated heterocycles. The quantitative estimate of drug-likeness (QED) is 0.336. The molecule has 0 aromatic carbocycles. The fourth-order valence-corrected chi connectivity index (χ4v) is 2.26. The third-order valence-corrected chi connectivity index (χ3v) is 3.26. The van der Waals surface area contributed by atoms with Crippen LogP contribution in [0.15, 0.2) is 40.8 Å². The van der Waals surface area contributed by atoms with E-state index in [-0.39, 0.29) is 24.1 Å². The Kier molecular flexibility index (Phi) is 7.09. The fourth-order valence-electron chi connectivity index (χ4n) is 2.18. The second-order valence-corrected chi connectivity index (χ2v) is 4.84. The number of Topliss-reactive ketones (excluding diaryl/α,β-unsaturated/α-hetero) is 1. The topological polar surface area (TPSA) is 58.9 Å². The molecule has 1 unspecified atom stereocenters. The average molecular weight is 298 g/mol. The summed E-state index contributed by atoms with van der Waals surface area (Å²) < 4.78 is 0. The molecule has 1 aliphatic rings. The Morgan fingerprint density at radius 2 is 2.35 bits per heavy atom. The van der Waals surface area contributed by atoms with Gasteiger partial charge in [0.25, 0.3) is 0 Å². The number of rotatable bonds is 7. The van der Waals surface area contributed by atoms with Crippen molar-refractivity contribution >= 4 is 23.1 Å². The maximum atomic E-state index is 12.2. The number of aliphatic hydroxyl groups excluding tert-OH is 1. The van der Waals surface area contributed by atoms with Crippen LogP contribution in [-0.2, 0) is 9.63 Å². The van der Waals surface area contributed by atoms with E-state index in [1.807, 2.05) is 6.92 Å². The van der Waals surface area contributed by atoms with Crippen LogP contribution >= 0.6 is 11.6 Å². The number of halogens is 1. The summed E-state index contributed by atoms with van der Waals surface area (Å²) in [6.07, 6.45) is 5.49. The molecule has 4 nitrogen and oxygen atoms in total. The van der Waals surface area contributed by atoms with Gasteiger partial charge >= 0.3 is 0 Å². The molecule has 0 saturated carbocycles. The fraction of sp³-hybridized carbons (Fsp3) is 0.467. The van der Waals surface area contributed by atoms with E-state index in [0.29, 0.717) is 30.5 Å². The van der Waals surface area contributed by atoms with Crippen molar-refractivity contribution in [3.05, 3.63) is 35.6 Å². The standard InChI is InChI=1S/C15H20ClNO3/c1-3-6-11-9-13(18)15(14(19)10-11)12(4-2)17-20-8-5-7-16/h3,5,7,11,18H,1,4,6,8-10H2,2H3/b7-5+,17-12?. The van der Waals surface area contributed by atoms with Crippen LogP contribution in [0.1, 0.15) is 32.6 Å². The monoisotopic (exact) mass is 297 g/mol. The number of oxime groups is 1. The molecule has 1 aliphatic carbocycles. The van der Waals surface area contributed by atoms with Crippen LogP contribution in [0, 0.1) is 5.92 Å². The highest BCUT2D eigenvalue weighted by Crippen LogP contribution is 2.29. The van der Waals surface area contributed by atoms with Gasteiger partial charge in [-0.1, -0.05) is 29.8 Å². The Labute approximate surface area is 124 Å². The minimum Gasteiger partial charge on any atom is -0.511 e. The Morgan fingerprint density at radius 1 is 1.60 bits per heavy atom. The summed E-state index contributed by atoms with van der Waals surface area (Å²) >= 11 is 5.37. The van der Waals surface area contributed by atoms with E-state index in [1.165, 1.54) is 5.54 Å². The summed E-state index contributed by atoms with van der Waals surface area (Å²) in [4.78, 5) is 17.2. The molecule has 1 N–H and O–H groups in total. The van der Waals surface area contributed by atoms with Gasteiger partial charge in [0.1, 0.15) is 12.4 Å². The van der Waals surface area contributed by atoms with Gasteiger partial charge in [-0.3, -0.25) is 4.79 Å². The number of carbonyl (C=O) groups is 1. The van der Waals surface area contributed by atoms with E-state index < -0.39 is 0 Å². The summed E-state index contributed by atoms with van der Waals surface area (Å²) in [5.41, 5.74) is 2.12. The zero-order valence-corrected chi connectivity index (χ0v) is 12.4. The van der Waals surface area contributed by atoms with Crippen molar-refractivity contribution in [3.8, 4) is 0 Å². The Bertz CT molecular complexity index is 452. The lowest BCUT2D eigenvalue weighted by Crippen LogP contribution is -2.24. The lowest BCUT2D eigenvalue weighted by Gasteiger charge is -2.22. The molecule has 1 atom stereocenters. The van der Waals surface area contributed by atoms with Crippen LogP contribution in [0.3, 0.4) is 0 Å². The van der Waals surface area contributed by atoms with Gasteiger partial charge in [-0.05, 0) is 24.8 Å². The van der Waals surface area contributed by atoms with Crippen LogP contribution in [0.25, 0.3) is 0 Å². The molecular weight excluding hydrogens is 278 g/mol. The Balaban J connectivity index is 2.87. The van der Waals surface area contributed by atoms with Gasteiger partial charge in [-0.15, -0.1) is 6.58 Å². The van der Waals surface area contributed by atoms with Gasteiger partial charge < -0.3 is 9.94 Å². The number of ketones is 1. The van der Waals surface area contributed by atoms with Gasteiger partial charge in [-0.2, -0.15) is 0 Å². The molecule has 110 valence electrons. The smallest absolute Gasteiger partial charge is 0.168 e. The zero-order chi connectivity index (χ0) is 15.0. The number of aliphatic hydroxyl groups is 1. The third kappa shape index (κ3) is 4.53. The highest BCUT2D eigenvalue weighted by molar-refractivity contribution is 6.25. The van der Waals surface area contributed by atoms with Crippen LogP contribution in [0.5, 0.6) is 0 Å². The van der Waals surface area contributed by atoms with Gasteiger partial charge in [-0.25, -0.2) is 0 Å². The van der Waals surface area contributed by atoms with Gasteiger partial charge in [0.2, 0.25) is 0 Å². The second-order valence-electron chi connectivity index (χ2n) is 4.59. The maximum absolute atomic E-state index is 12.2. The normalized spacial score (nSPS) is 20.6. The van der Waals surface area contributed by atoms with Crippen molar-refractivity contribution in [2.24, 2.45) is 11.1 Å². The first-order chi connectivity index (χ1) is 9.63. The molecule has 0 aromatic rings. The van der Waals surface area contributed by atoms with E-state index in [0.717, 1.165) is 6.42 Å². The van der Waals surface area contributed by atoms with Crippen molar-refractivity contribution < 1.29 is 14.7 Å². The van der Waals surface area contributed by atoms with Gasteiger partial charge in [0.15, 0.2) is 5.78 Å². The molecule has 1 rings (SSSR count). The molecule has 0 radical (unpaired) electrons. The van der Waals surface area contributed by atoms with Crippen molar-refractivity contribution in [2.45, 2.75) is 32.6 Å². The van der Waals surface area contributed by atoms with E-state index >= 15 is 0 Å². The minimum absolute atomic E-state index is 0.0855. The lowest BCUT2D eigenvalue weighted by atomic mass is 9.83. The predicted octanol–water partition coefficient (Wildman–Crippen LogP) is 3.89. The SMILES string of the molecule is C=CCC1CC(=O)C(C(CC)=NOC/C=C/Cl)=C(O)C1. The molecule has 0 fully saturated rings. The summed E-state index contributed by atoms with van der Waals surface area (Å²) in [7, 11) is 0. The van der Waals surface area contributed by atoms with E-state index in [4.69, 9.17) is 16.4 Å². The predicted molar refractivity (Wildman–Crippen MR) is 80.9 cm³/mol. The number of hydrogen-bond donors (Lipinski definition) is 1. The van der Waals surface area contributed by atoms with E-state index in [1.54, 1.807) is 12.2 Å². The first-order valence-corrected chi connectivity index (χ1v) is 7.08. The van der Waals surface area contributed by atoms with Crippen LogP contribution in [-0.4, -0.2) is 23.2 Å². The summed E-state index contributed by atoms with van der Waals surface area (Å²) in [6.45, 7) is 5.76. The third-order valence-electron chi connectivity index (χ3n) is 3.08. The number of nitrogens with zero attached hydrogens (tertiary/aromatic N) is 1. The Hall–Kier alpha value is -1.55. The molecule has 0 amide bonds. The van der Waals surface area contributed by atoms with Crippen molar-refractivity contribution in [3.63, 3.8) is 0 Å². The largest absolute Gasteiger partial charge is 0.511 e. The molecule has 0 aromatic heterocycles. The highest BCUT2D eigenvalue weighted by atomic mass is 35.5. The summed E-state index contributed by atoms with van der Waals surface area (Å²) in [5, 5.41) is 14.0. The highest BCUT2D eigenvalue weighted by Gasteiger charge is 2.29. The first kappa shape index (κ1) is 16.5. The van der Waals surface area contributed by atoms with Crippen molar-refractivity contribution in [1.29, 1.82) is 0 Å². The van der Waals surface area contributed by atoms with Gasteiger partial charge in [0.05, 0.1) is 11.3 Å². The molecular formula is C15H20ClNO3. The average Bonchev–Trinajstić information content (AvgIpc) is 2.41. The second kappa shape index (κ2) is 8.59. The van der Waals surface area contributed by atoms with Crippen LogP contribution in [0.4, 0.5) is 0 Å². The Morgan fingerprint density at radius 3 is 2.90 bits per heavy atom. The first-order valence-electron chi connectivity index (χ1n) is 6.64. The number of hydrogen-bond acceptors (Lipinski definition) is 4. The minimum atomic E-state index is -0.0855. The molecule has 0 heterocycles. The summed E-state index contributed by atoms with van der Waals surface area (Å²) in [5.74, 6) is 0.143. The maximum Gasteiger partial charge on any atom is 0.168 e. The molecule has 20 heavy (non-hydrogen) atoms. The summed E-state index contributed by atoms with van der Waals surface area (Å²) in [6, 6.07) is 0. The van der Waals surface area contributed by atoms with E-state index in [2.05, 4.69) is 11.7 Å². The molecule has 0 aliphatic heterocycles. The molecule has 0 bridgehead atoms. The van der Waals surface area contributed by atoms with E-state index in [9.17, 15) is 9.90 Å². The lowest BCUT2D eigenvalue weighted by molar-refractivity contribution is -0.116. The van der Waals surface area contributed by atoms with Gasteiger partial charge in [0, 0.05) is 18.4 Å². The molecule has 0 spiro atoms. The number of carbonyl (C=O) groups excluding carboxylic acids is 1. The molecule has 5 heteroatoms.